The standard InChI is InChI=1S/C29H58NO4P/c1-5-6-7-8-9-10-11-12-13-14-15-16-17-18-19-20-21-22-23-24-25-26-27-29(31,35(32,33)34)28-30(2,3)4/h14-15,24-25,31H,5-13,16-23,26-28H2,1-4H3,(H-,32,33,34)/p+1/b15-14-,25-24-. The van der Waals surface area contributed by atoms with Gasteiger partial charge in [0.25, 0.3) is 0 Å². The number of hydrogen-bond donors (Lipinski definition) is 3. The van der Waals surface area contributed by atoms with Crippen LogP contribution in [0.2, 0.25) is 0 Å². The van der Waals surface area contributed by atoms with Crippen molar-refractivity contribution < 1.29 is 23.9 Å². The molecule has 0 aliphatic carbocycles. The third-order valence-electron chi connectivity index (χ3n) is 6.53. The Morgan fingerprint density at radius 2 is 0.971 bits per heavy atom. The van der Waals surface area contributed by atoms with Crippen LogP contribution in [0.25, 0.3) is 0 Å². The van der Waals surface area contributed by atoms with E-state index in [-0.39, 0.29) is 13.0 Å². The minimum Gasteiger partial charge on any atom is -0.373 e. The van der Waals surface area contributed by atoms with Gasteiger partial charge in [-0.2, -0.15) is 0 Å². The summed E-state index contributed by atoms with van der Waals surface area (Å²) < 4.78 is 12.1. The molecule has 0 amide bonds. The van der Waals surface area contributed by atoms with Crippen molar-refractivity contribution in [3.8, 4) is 0 Å². The summed E-state index contributed by atoms with van der Waals surface area (Å²) >= 11 is 0. The maximum atomic E-state index is 11.8. The van der Waals surface area contributed by atoms with Crippen LogP contribution in [0, 0.1) is 0 Å². The highest BCUT2D eigenvalue weighted by Crippen LogP contribution is 2.52. The first-order valence-electron chi connectivity index (χ1n) is 14.4. The van der Waals surface area contributed by atoms with Gasteiger partial charge in [-0.25, -0.2) is 0 Å². The smallest absolute Gasteiger partial charge is 0.362 e. The molecule has 0 aromatic heterocycles. The van der Waals surface area contributed by atoms with Gasteiger partial charge in [0.15, 0.2) is 0 Å². The molecule has 0 bridgehead atoms. The van der Waals surface area contributed by atoms with Gasteiger partial charge in [-0.05, 0) is 51.4 Å². The van der Waals surface area contributed by atoms with E-state index < -0.39 is 12.9 Å². The zero-order valence-electron chi connectivity index (χ0n) is 23.6. The highest BCUT2D eigenvalue weighted by atomic mass is 31.2. The number of aliphatic hydroxyl groups is 1. The number of allylic oxidation sites excluding steroid dienone is 4. The van der Waals surface area contributed by atoms with Crippen LogP contribution in [0.3, 0.4) is 0 Å². The summed E-state index contributed by atoms with van der Waals surface area (Å²) in [5.74, 6) is 0. The van der Waals surface area contributed by atoms with Gasteiger partial charge in [0.2, 0.25) is 5.34 Å². The lowest BCUT2D eigenvalue weighted by molar-refractivity contribution is -0.875. The van der Waals surface area contributed by atoms with Crippen molar-refractivity contribution in [1.29, 1.82) is 0 Å². The Morgan fingerprint density at radius 1 is 0.629 bits per heavy atom. The lowest BCUT2D eigenvalue weighted by Gasteiger charge is -2.35. The minimum absolute atomic E-state index is 0.0279. The van der Waals surface area contributed by atoms with Crippen molar-refractivity contribution in [2.24, 2.45) is 0 Å². The summed E-state index contributed by atoms with van der Waals surface area (Å²) in [7, 11) is 0.897. The summed E-state index contributed by atoms with van der Waals surface area (Å²) in [6, 6.07) is 0. The minimum atomic E-state index is -4.58. The zero-order valence-corrected chi connectivity index (χ0v) is 24.5. The average molecular weight is 517 g/mol. The van der Waals surface area contributed by atoms with Crippen LogP contribution in [0.1, 0.15) is 129 Å². The first-order valence-corrected chi connectivity index (χ1v) is 16.0. The van der Waals surface area contributed by atoms with E-state index in [9.17, 15) is 19.5 Å². The SMILES string of the molecule is CCCCCCCCCC/C=C\CCCCCCCC/C=C\CCC(O)(C[N+](C)(C)C)P(=O)(O)O. The second-order valence-corrected chi connectivity index (χ2v) is 13.3. The lowest BCUT2D eigenvalue weighted by Crippen LogP contribution is -2.49. The molecule has 0 radical (unpaired) electrons. The second kappa shape index (κ2) is 20.6. The number of rotatable bonds is 24. The molecule has 0 saturated carbocycles. The molecule has 0 aromatic rings. The van der Waals surface area contributed by atoms with E-state index in [1.807, 2.05) is 27.2 Å². The Kier molecular flexibility index (Phi) is 20.3. The van der Waals surface area contributed by atoms with Gasteiger partial charge < -0.3 is 19.4 Å². The predicted octanol–water partition coefficient (Wildman–Crippen LogP) is 8.10. The van der Waals surface area contributed by atoms with E-state index in [0.717, 1.165) is 12.8 Å². The Hall–Kier alpha value is -0.450. The molecule has 1 unspecified atom stereocenters. The molecule has 3 N–H and O–H groups in total. The maximum Gasteiger partial charge on any atom is 0.362 e. The number of quaternary nitrogens is 1. The van der Waals surface area contributed by atoms with Gasteiger partial charge in [0, 0.05) is 0 Å². The third-order valence-corrected chi connectivity index (χ3v) is 7.98. The first-order chi connectivity index (χ1) is 16.5. The molecule has 35 heavy (non-hydrogen) atoms. The highest BCUT2D eigenvalue weighted by Gasteiger charge is 2.48. The summed E-state index contributed by atoms with van der Waals surface area (Å²) in [5.41, 5.74) is 0. The fourth-order valence-electron chi connectivity index (χ4n) is 4.49. The fraction of sp³-hybridized carbons (Fsp3) is 0.862. The van der Waals surface area contributed by atoms with Crippen LogP contribution in [-0.2, 0) is 4.57 Å². The Bertz CT molecular complexity index is 594. The van der Waals surface area contributed by atoms with Gasteiger partial charge in [-0.1, -0.05) is 102 Å². The van der Waals surface area contributed by atoms with Gasteiger partial charge >= 0.3 is 7.60 Å². The number of hydrogen-bond acceptors (Lipinski definition) is 2. The molecular weight excluding hydrogens is 457 g/mol. The number of likely N-dealkylation sites (N-methyl/N-ethyl adjacent to an activating group) is 1. The van der Waals surface area contributed by atoms with Gasteiger partial charge in [0.1, 0.15) is 6.54 Å². The van der Waals surface area contributed by atoms with Crippen LogP contribution in [-0.4, -0.2) is 52.4 Å². The van der Waals surface area contributed by atoms with Crippen LogP contribution >= 0.6 is 7.60 Å². The van der Waals surface area contributed by atoms with Gasteiger partial charge in [0.05, 0.1) is 21.1 Å². The predicted molar refractivity (Wildman–Crippen MR) is 152 cm³/mol. The largest absolute Gasteiger partial charge is 0.373 e. The van der Waals surface area contributed by atoms with E-state index in [4.69, 9.17) is 0 Å². The van der Waals surface area contributed by atoms with Crippen LogP contribution in [0.5, 0.6) is 0 Å². The van der Waals surface area contributed by atoms with Crippen LogP contribution in [0.4, 0.5) is 0 Å². The molecule has 0 aromatic carbocycles. The van der Waals surface area contributed by atoms with Crippen molar-refractivity contribution in [2.45, 2.75) is 134 Å². The van der Waals surface area contributed by atoms with Crippen molar-refractivity contribution in [1.82, 2.24) is 0 Å². The molecule has 208 valence electrons. The summed E-state index contributed by atoms with van der Waals surface area (Å²) in [5, 5.41) is 8.57. The maximum absolute atomic E-state index is 11.8. The third kappa shape index (κ3) is 21.4. The van der Waals surface area contributed by atoms with Crippen LogP contribution in [0.15, 0.2) is 24.3 Å². The van der Waals surface area contributed by atoms with E-state index in [2.05, 4.69) is 25.2 Å². The molecule has 0 aliphatic rings. The van der Waals surface area contributed by atoms with Crippen LogP contribution < -0.4 is 0 Å². The highest BCUT2D eigenvalue weighted by molar-refractivity contribution is 7.53. The normalized spacial score (nSPS) is 14.8. The summed E-state index contributed by atoms with van der Waals surface area (Å²) in [6.07, 6.45) is 31.5. The quantitative estimate of drug-likeness (QED) is 0.0524. The molecular formula is C29H59NO4P+. The monoisotopic (exact) mass is 516 g/mol. The molecule has 0 aliphatic heterocycles. The lowest BCUT2D eigenvalue weighted by atomic mass is 10.1. The van der Waals surface area contributed by atoms with Gasteiger partial charge in [-0.15, -0.1) is 0 Å². The number of nitrogens with zero attached hydrogens (tertiary/aromatic N) is 1. The summed E-state index contributed by atoms with van der Waals surface area (Å²) in [6.45, 7) is 2.30. The zero-order chi connectivity index (χ0) is 26.5. The summed E-state index contributed by atoms with van der Waals surface area (Å²) in [4.78, 5) is 19.2. The van der Waals surface area contributed by atoms with Crippen molar-refractivity contribution in [3.05, 3.63) is 24.3 Å². The van der Waals surface area contributed by atoms with Crippen molar-refractivity contribution in [3.63, 3.8) is 0 Å². The van der Waals surface area contributed by atoms with Crippen molar-refractivity contribution >= 4 is 7.60 Å². The fourth-order valence-corrected chi connectivity index (χ4v) is 5.52. The van der Waals surface area contributed by atoms with Gasteiger partial charge in [-0.3, -0.25) is 4.57 Å². The molecule has 0 spiro atoms. The van der Waals surface area contributed by atoms with E-state index in [1.54, 1.807) is 0 Å². The Balaban J connectivity index is 3.60. The molecule has 0 fully saturated rings. The van der Waals surface area contributed by atoms with E-state index >= 15 is 0 Å². The molecule has 5 nitrogen and oxygen atoms in total. The van der Waals surface area contributed by atoms with Crippen molar-refractivity contribution in [2.75, 3.05) is 27.7 Å². The molecule has 0 rings (SSSR count). The molecule has 1 atom stereocenters. The molecule has 0 heterocycles. The first kappa shape index (κ1) is 34.6. The second-order valence-electron chi connectivity index (χ2n) is 11.4. The molecule has 0 saturated heterocycles. The van der Waals surface area contributed by atoms with E-state index in [1.165, 1.54) is 96.3 Å². The topological polar surface area (TPSA) is 77.8 Å². The van der Waals surface area contributed by atoms with E-state index in [0.29, 0.717) is 10.9 Å². The Morgan fingerprint density at radius 3 is 1.31 bits per heavy atom. The molecule has 6 heteroatoms. The number of unbranched alkanes of at least 4 members (excludes halogenated alkanes) is 15. The average Bonchev–Trinajstić information content (AvgIpc) is 2.75. The Labute approximate surface area is 217 Å².